The summed E-state index contributed by atoms with van der Waals surface area (Å²) in [7, 11) is 0. The Kier molecular flexibility index (Phi) is 4.89. The lowest BCUT2D eigenvalue weighted by molar-refractivity contribution is -0.384. The normalized spacial score (nSPS) is 10.2. The van der Waals surface area contributed by atoms with Crippen LogP contribution >= 0.6 is 0 Å². The standard InChI is InChI=1S/C19H15N3O4/c1-13-9-14(11-15(10-13)22(24)25)21-19(23)18-8-7-17(12-20-18)26-16-5-3-2-4-6-16/h2-12H,1H3,(H,21,23). The van der Waals surface area contributed by atoms with E-state index in [0.29, 0.717) is 22.7 Å². The molecule has 0 aliphatic rings. The first-order valence-electron chi connectivity index (χ1n) is 7.78. The summed E-state index contributed by atoms with van der Waals surface area (Å²) in [5.41, 5.74) is 1.11. The minimum atomic E-state index is -0.503. The molecule has 0 unspecified atom stereocenters. The minimum absolute atomic E-state index is 0.0835. The number of aryl methyl sites for hydroxylation is 1. The number of nitro benzene ring substituents is 1. The van der Waals surface area contributed by atoms with Crippen LogP contribution in [0.3, 0.4) is 0 Å². The lowest BCUT2D eigenvalue weighted by Crippen LogP contribution is -2.13. The molecular formula is C19H15N3O4. The Bertz CT molecular complexity index is 941. The summed E-state index contributed by atoms with van der Waals surface area (Å²) in [6, 6.07) is 16.8. The molecule has 0 radical (unpaired) electrons. The van der Waals surface area contributed by atoms with Crippen molar-refractivity contribution in [1.29, 1.82) is 0 Å². The molecule has 1 amide bonds. The molecule has 130 valence electrons. The number of rotatable bonds is 5. The quantitative estimate of drug-likeness (QED) is 0.546. The fourth-order valence-electron chi connectivity index (χ4n) is 2.34. The molecule has 1 N–H and O–H groups in total. The van der Waals surface area contributed by atoms with E-state index in [4.69, 9.17) is 4.74 Å². The second kappa shape index (κ2) is 7.43. The van der Waals surface area contributed by atoms with Gasteiger partial charge in [0.15, 0.2) is 0 Å². The van der Waals surface area contributed by atoms with E-state index in [1.54, 1.807) is 19.1 Å². The number of aromatic nitrogens is 1. The zero-order valence-corrected chi connectivity index (χ0v) is 13.9. The van der Waals surface area contributed by atoms with Crippen LogP contribution in [0.25, 0.3) is 0 Å². The van der Waals surface area contributed by atoms with E-state index < -0.39 is 10.8 Å². The number of nitrogens with one attached hydrogen (secondary N) is 1. The Morgan fingerprint density at radius 2 is 1.85 bits per heavy atom. The number of hydrogen-bond donors (Lipinski definition) is 1. The minimum Gasteiger partial charge on any atom is -0.456 e. The van der Waals surface area contributed by atoms with Crippen molar-refractivity contribution >= 4 is 17.3 Å². The molecule has 0 saturated carbocycles. The summed E-state index contributed by atoms with van der Waals surface area (Å²) >= 11 is 0. The van der Waals surface area contributed by atoms with Gasteiger partial charge in [-0.1, -0.05) is 18.2 Å². The van der Waals surface area contributed by atoms with Crippen molar-refractivity contribution < 1.29 is 14.5 Å². The van der Waals surface area contributed by atoms with Gasteiger partial charge in [0, 0.05) is 17.8 Å². The molecule has 1 aromatic heterocycles. The number of nitrogens with zero attached hydrogens (tertiary/aromatic N) is 2. The van der Waals surface area contributed by atoms with Gasteiger partial charge >= 0.3 is 0 Å². The highest BCUT2D eigenvalue weighted by Gasteiger charge is 2.12. The van der Waals surface area contributed by atoms with Gasteiger partial charge < -0.3 is 10.1 Å². The first-order valence-corrected chi connectivity index (χ1v) is 7.78. The van der Waals surface area contributed by atoms with E-state index in [1.165, 1.54) is 24.4 Å². The molecular weight excluding hydrogens is 334 g/mol. The predicted molar refractivity (Wildman–Crippen MR) is 96.5 cm³/mol. The highest BCUT2D eigenvalue weighted by atomic mass is 16.6. The number of para-hydroxylation sites is 1. The Hall–Kier alpha value is -3.74. The molecule has 0 bridgehead atoms. The lowest BCUT2D eigenvalue weighted by atomic mass is 10.2. The summed E-state index contributed by atoms with van der Waals surface area (Å²) in [4.78, 5) is 26.8. The molecule has 0 fully saturated rings. The third-order valence-corrected chi connectivity index (χ3v) is 3.48. The molecule has 0 atom stereocenters. The van der Waals surface area contributed by atoms with E-state index in [2.05, 4.69) is 10.3 Å². The monoisotopic (exact) mass is 349 g/mol. The van der Waals surface area contributed by atoms with Crippen molar-refractivity contribution in [3.05, 3.63) is 88.2 Å². The molecule has 1 heterocycles. The highest BCUT2D eigenvalue weighted by Crippen LogP contribution is 2.22. The fourth-order valence-corrected chi connectivity index (χ4v) is 2.34. The Labute approximate surface area is 149 Å². The van der Waals surface area contributed by atoms with E-state index in [1.807, 2.05) is 30.3 Å². The van der Waals surface area contributed by atoms with Crippen molar-refractivity contribution in [2.24, 2.45) is 0 Å². The Balaban J connectivity index is 1.71. The topological polar surface area (TPSA) is 94.4 Å². The summed E-state index contributed by atoms with van der Waals surface area (Å²) in [5, 5.41) is 13.5. The van der Waals surface area contributed by atoms with Crippen LogP contribution in [0.4, 0.5) is 11.4 Å². The van der Waals surface area contributed by atoms with Crippen molar-refractivity contribution in [2.45, 2.75) is 6.92 Å². The van der Waals surface area contributed by atoms with Gasteiger partial charge in [0.1, 0.15) is 17.2 Å². The van der Waals surface area contributed by atoms with Gasteiger partial charge in [0.2, 0.25) is 0 Å². The number of hydrogen-bond acceptors (Lipinski definition) is 5. The summed E-state index contributed by atoms with van der Waals surface area (Å²) in [6.07, 6.45) is 1.45. The van der Waals surface area contributed by atoms with Crippen LogP contribution in [0.2, 0.25) is 0 Å². The van der Waals surface area contributed by atoms with Gasteiger partial charge in [-0.15, -0.1) is 0 Å². The summed E-state index contributed by atoms with van der Waals surface area (Å²) in [6.45, 7) is 1.72. The molecule has 3 aromatic rings. The number of amides is 1. The maximum absolute atomic E-state index is 12.3. The van der Waals surface area contributed by atoms with Crippen molar-refractivity contribution in [3.8, 4) is 11.5 Å². The zero-order chi connectivity index (χ0) is 18.5. The molecule has 7 nitrogen and oxygen atoms in total. The summed E-state index contributed by atoms with van der Waals surface area (Å²) < 4.78 is 5.62. The van der Waals surface area contributed by atoms with E-state index in [-0.39, 0.29) is 11.4 Å². The lowest BCUT2D eigenvalue weighted by Gasteiger charge is -2.07. The third-order valence-electron chi connectivity index (χ3n) is 3.48. The van der Waals surface area contributed by atoms with Crippen LogP contribution < -0.4 is 10.1 Å². The van der Waals surface area contributed by atoms with Crippen molar-refractivity contribution in [1.82, 2.24) is 4.98 Å². The number of anilines is 1. The Morgan fingerprint density at radius 1 is 1.08 bits per heavy atom. The number of ether oxygens (including phenoxy) is 1. The number of carbonyl (C=O) groups is 1. The molecule has 7 heteroatoms. The number of benzene rings is 2. The number of carbonyl (C=O) groups excluding carboxylic acids is 1. The number of non-ortho nitro benzene ring substituents is 1. The van der Waals surface area contributed by atoms with Crippen molar-refractivity contribution in [3.63, 3.8) is 0 Å². The fraction of sp³-hybridized carbons (Fsp3) is 0.0526. The maximum atomic E-state index is 12.3. The van der Waals surface area contributed by atoms with E-state index >= 15 is 0 Å². The molecule has 0 aliphatic carbocycles. The molecule has 2 aromatic carbocycles. The number of pyridine rings is 1. The van der Waals surface area contributed by atoms with E-state index in [9.17, 15) is 14.9 Å². The number of nitro groups is 1. The molecule has 26 heavy (non-hydrogen) atoms. The van der Waals surface area contributed by atoms with Gasteiger partial charge in [-0.25, -0.2) is 4.98 Å². The maximum Gasteiger partial charge on any atom is 0.274 e. The van der Waals surface area contributed by atoms with E-state index in [0.717, 1.165) is 0 Å². The van der Waals surface area contributed by atoms with Crippen LogP contribution in [-0.2, 0) is 0 Å². The van der Waals surface area contributed by atoms with Crippen molar-refractivity contribution in [2.75, 3.05) is 5.32 Å². The van der Waals surface area contributed by atoms with Crippen LogP contribution in [0.1, 0.15) is 16.1 Å². The first-order chi connectivity index (χ1) is 12.5. The Morgan fingerprint density at radius 3 is 2.50 bits per heavy atom. The van der Waals surface area contributed by atoms with Gasteiger partial charge in [0.25, 0.3) is 11.6 Å². The molecule has 3 rings (SSSR count). The van der Waals surface area contributed by atoms with Crippen LogP contribution in [0.5, 0.6) is 11.5 Å². The molecule has 0 spiro atoms. The van der Waals surface area contributed by atoms with Gasteiger partial charge in [-0.3, -0.25) is 14.9 Å². The smallest absolute Gasteiger partial charge is 0.274 e. The highest BCUT2D eigenvalue weighted by molar-refractivity contribution is 6.03. The average molecular weight is 349 g/mol. The first kappa shape index (κ1) is 17.1. The van der Waals surface area contributed by atoms with Crippen LogP contribution in [0.15, 0.2) is 66.9 Å². The second-order valence-corrected chi connectivity index (χ2v) is 5.56. The predicted octanol–water partition coefficient (Wildman–Crippen LogP) is 4.34. The van der Waals surface area contributed by atoms with Crippen LogP contribution in [-0.4, -0.2) is 15.8 Å². The van der Waals surface area contributed by atoms with Gasteiger partial charge in [0.05, 0.1) is 11.1 Å². The SMILES string of the molecule is Cc1cc(NC(=O)c2ccc(Oc3ccccc3)cn2)cc([N+](=O)[O-])c1. The third kappa shape index (κ3) is 4.21. The zero-order valence-electron chi connectivity index (χ0n) is 13.9. The van der Waals surface area contributed by atoms with Gasteiger partial charge in [-0.2, -0.15) is 0 Å². The van der Waals surface area contributed by atoms with Gasteiger partial charge in [-0.05, 0) is 42.8 Å². The molecule has 0 saturated heterocycles. The second-order valence-electron chi connectivity index (χ2n) is 5.56. The summed E-state index contributed by atoms with van der Waals surface area (Å²) in [5.74, 6) is 0.702. The average Bonchev–Trinajstić information content (AvgIpc) is 2.62. The van der Waals surface area contributed by atoms with Crippen LogP contribution in [0, 0.1) is 17.0 Å². The molecule has 0 aliphatic heterocycles. The largest absolute Gasteiger partial charge is 0.456 e.